The van der Waals surface area contributed by atoms with Crippen LogP contribution in [0.5, 0.6) is 5.75 Å². The van der Waals surface area contributed by atoms with Gasteiger partial charge >= 0.3 is 0 Å². The Morgan fingerprint density at radius 1 is 1.03 bits per heavy atom. The molecule has 0 radical (unpaired) electrons. The molecule has 1 unspecified atom stereocenters. The van der Waals surface area contributed by atoms with Crippen molar-refractivity contribution in [1.29, 1.82) is 0 Å². The van der Waals surface area contributed by atoms with E-state index in [2.05, 4.69) is 15.2 Å². The number of rotatable bonds is 6. The molecule has 4 aromatic rings. The van der Waals surface area contributed by atoms with Gasteiger partial charge in [0.1, 0.15) is 10.6 Å². The van der Waals surface area contributed by atoms with Gasteiger partial charge in [-0.05, 0) is 37.1 Å². The predicted octanol–water partition coefficient (Wildman–Crippen LogP) is 3.77. The van der Waals surface area contributed by atoms with E-state index in [1.165, 1.54) is 4.31 Å². The van der Waals surface area contributed by atoms with E-state index >= 15 is 0 Å². The number of fused-ring (bicyclic) bond motifs is 1. The van der Waals surface area contributed by atoms with Gasteiger partial charge in [0.15, 0.2) is 6.61 Å². The molecule has 3 heterocycles. The fourth-order valence-corrected chi connectivity index (χ4v) is 5.63. The minimum atomic E-state index is -3.71. The van der Waals surface area contributed by atoms with E-state index in [4.69, 9.17) is 9.15 Å². The Morgan fingerprint density at radius 3 is 2.75 bits per heavy atom. The van der Waals surface area contributed by atoms with Crippen LogP contribution in [0.2, 0.25) is 0 Å². The van der Waals surface area contributed by atoms with Crippen molar-refractivity contribution in [3.8, 4) is 5.75 Å². The zero-order chi connectivity index (χ0) is 22.0. The Kier molecular flexibility index (Phi) is 5.59. The van der Waals surface area contributed by atoms with Crippen molar-refractivity contribution in [3.63, 3.8) is 0 Å². The average molecular weight is 451 g/mol. The van der Waals surface area contributed by atoms with E-state index in [0.717, 1.165) is 11.8 Å². The van der Waals surface area contributed by atoms with Crippen LogP contribution in [0.1, 0.15) is 30.5 Å². The molecule has 2 aromatic carbocycles. The summed E-state index contributed by atoms with van der Waals surface area (Å²) in [6.07, 6.45) is 3.10. The third kappa shape index (κ3) is 4.09. The number of sulfonamides is 1. The highest BCUT2D eigenvalue weighted by molar-refractivity contribution is 7.89. The van der Waals surface area contributed by atoms with Gasteiger partial charge in [0, 0.05) is 24.7 Å². The molecule has 164 valence electrons. The number of para-hydroxylation sites is 2. The van der Waals surface area contributed by atoms with Crippen LogP contribution in [0.15, 0.2) is 76.2 Å². The summed E-state index contributed by atoms with van der Waals surface area (Å²) in [5.41, 5.74) is 0.482. The summed E-state index contributed by atoms with van der Waals surface area (Å²) in [5.74, 6) is 1.35. The second-order valence-corrected chi connectivity index (χ2v) is 9.58. The van der Waals surface area contributed by atoms with Crippen LogP contribution in [0.3, 0.4) is 0 Å². The Hall–Kier alpha value is -3.30. The van der Waals surface area contributed by atoms with Gasteiger partial charge in [-0.3, -0.25) is 4.98 Å². The van der Waals surface area contributed by atoms with E-state index in [9.17, 15) is 8.42 Å². The Bertz CT molecular complexity index is 1320. The molecule has 1 saturated heterocycles. The molecule has 0 bridgehead atoms. The van der Waals surface area contributed by atoms with Crippen molar-refractivity contribution >= 4 is 20.9 Å². The van der Waals surface area contributed by atoms with Gasteiger partial charge in [0.25, 0.3) is 5.89 Å². The van der Waals surface area contributed by atoms with Crippen molar-refractivity contribution in [3.05, 3.63) is 78.6 Å². The van der Waals surface area contributed by atoms with E-state index in [1.807, 2.05) is 42.5 Å². The molecule has 1 atom stereocenters. The van der Waals surface area contributed by atoms with Crippen LogP contribution in [0, 0.1) is 0 Å². The Balaban J connectivity index is 1.33. The van der Waals surface area contributed by atoms with Crippen LogP contribution in [0.25, 0.3) is 10.9 Å². The zero-order valence-corrected chi connectivity index (χ0v) is 18.1. The smallest absolute Gasteiger partial charge is 0.253 e. The molecule has 32 heavy (non-hydrogen) atoms. The number of benzene rings is 2. The fraction of sp³-hybridized carbons (Fsp3) is 0.261. The number of hydrogen-bond acceptors (Lipinski definition) is 7. The van der Waals surface area contributed by atoms with Crippen molar-refractivity contribution in [2.24, 2.45) is 0 Å². The third-order valence-electron chi connectivity index (χ3n) is 5.53. The number of nitrogens with zero attached hydrogens (tertiary/aromatic N) is 4. The Morgan fingerprint density at radius 2 is 1.88 bits per heavy atom. The van der Waals surface area contributed by atoms with Crippen LogP contribution >= 0.6 is 0 Å². The first kappa shape index (κ1) is 20.6. The zero-order valence-electron chi connectivity index (χ0n) is 17.3. The topological polar surface area (TPSA) is 98.4 Å². The number of aromatic nitrogens is 3. The molecule has 8 nitrogen and oxygen atoms in total. The van der Waals surface area contributed by atoms with E-state index in [0.29, 0.717) is 36.0 Å². The first-order chi connectivity index (χ1) is 15.6. The lowest BCUT2D eigenvalue weighted by molar-refractivity contribution is 0.243. The van der Waals surface area contributed by atoms with Crippen molar-refractivity contribution in [2.45, 2.75) is 30.3 Å². The molecular formula is C23H22N4O4S. The van der Waals surface area contributed by atoms with Gasteiger partial charge in [-0.1, -0.05) is 36.4 Å². The fourth-order valence-electron chi connectivity index (χ4n) is 3.94. The maximum Gasteiger partial charge on any atom is 0.253 e. The first-order valence-corrected chi connectivity index (χ1v) is 11.9. The number of piperidine rings is 1. The molecular weight excluding hydrogens is 428 g/mol. The third-order valence-corrected chi connectivity index (χ3v) is 7.43. The highest BCUT2D eigenvalue weighted by atomic mass is 32.2. The second kappa shape index (κ2) is 8.68. The van der Waals surface area contributed by atoms with E-state index in [1.54, 1.807) is 24.4 Å². The number of pyridine rings is 1. The number of ether oxygens (including phenoxy) is 1. The lowest BCUT2D eigenvalue weighted by atomic mass is 10.00. The summed E-state index contributed by atoms with van der Waals surface area (Å²) in [7, 11) is -3.71. The van der Waals surface area contributed by atoms with Gasteiger partial charge in [-0.2, -0.15) is 4.31 Å². The lowest BCUT2D eigenvalue weighted by Crippen LogP contribution is -2.39. The van der Waals surface area contributed by atoms with Gasteiger partial charge < -0.3 is 9.15 Å². The van der Waals surface area contributed by atoms with Gasteiger partial charge in [-0.15, -0.1) is 10.2 Å². The molecule has 0 N–H and O–H groups in total. The minimum absolute atomic E-state index is 0.160. The van der Waals surface area contributed by atoms with Gasteiger partial charge in [0.2, 0.25) is 15.9 Å². The molecule has 0 aliphatic carbocycles. The van der Waals surface area contributed by atoms with Crippen molar-refractivity contribution in [1.82, 2.24) is 19.5 Å². The summed E-state index contributed by atoms with van der Waals surface area (Å²) in [5, 5.41) is 9.03. The summed E-state index contributed by atoms with van der Waals surface area (Å²) in [6, 6.07) is 18.3. The maximum atomic E-state index is 13.4. The highest BCUT2D eigenvalue weighted by Crippen LogP contribution is 2.31. The van der Waals surface area contributed by atoms with Crippen LogP contribution in [0.4, 0.5) is 0 Å². The maximum absolute atomic E-state index is 13.4. The average Bonchev–Trinajstić information content (AvgIpc) is 3.32. The van der Waals surface area contributed by atoms with Crippen LogP contribution < -0.4 is 4.74 Å². The summed E-state index contributed by atoms with van der Waals surface area (Å²) >= 11 is 0. The molecule has 1 fully saturated rings. The van der Waals surface area contributed by atoms with E-state index in [-0.39, 0.29) is 24.0 Å². The lowest BCUT2D eigenvalue weighted by Gasteiger charge is -2.30. The Labute approximate surface area is 185 Å². The molecule has 0 saturated carbocycles. The molecule has 0 amide bonds. The normalized spacial score (nSPS) is 17.4. The van der Waals surface area contributed by atoms with Crippen LogP contribution in [-0.2, 0) is 16.6 Å². The predicted molar refractivity (Wildman–Crippen MR) is 118 cm³/mol. The first-order valence-electron chi connectivity index (χ1n) is 10.5. The molecule has 1 aliphatic rings. The monoisotopic (exact) mass is 450 g/mol. The van der Waals surface area contributed by atoms with Crippen molar-refractivity contribution < 1.29 is 17.6 Å². The molecule has 0 spiro atoms. The quantitative estimate of drug-likeness (QED) is 0.441. The molecule has 2 aromatic heterocycles. The molecule has 5 rings (SSSR count). The van der Waals surface area contributed by atoms with Crippen LogP contribution in [-0.4, -0.2) is 41.0 Å². The van der Waals surface area contributed by atoms with Gasteiger partial charge in [0.05, 0.1) is 11.4 Å². The summed E-state index contributed by atoms with van der Waals surface area (Å²) in [4.78, 5) is 4.53. The van der Waals surface area contributed by atoms with E-state index < -0.39 is 10.0 Å². The summed E-state index contributed by atoms with van der Waals surface area (Å²) in [6.45, 7) is 0.889. The number of hydrogen-bond donors (Lipinski definition) is 0. The minimum Gasteiger partial charge on any atom is -0.484 e. The largest absolute Gasteiger partial charge is 0.484 e. The molecule has 1 aliphatic heterocycles. The highest BCUT2D eigenvalue weighted by Gasteiger charge is 2.34. The van der Waals surface area contributed by atoms with Crippen molar-refractivity contribution in [2.75, 3.05) is 13.1 Å². The standard InChI is InChI=1S/C23H22N4O4S/c28-32(29,20-12-4-7-17-8-5-13-24-22(17)20)27-14-6-9-18(15-27)23-26-25-21(31-23)16-30-19-10-2-1-3-11-19/h1-5,7-8,10-13,18H,6,9,14-16H2. The SMILES string of the molecule is O=S(=O)(c1cccc2cccnc12)N1CCCC(c2nnc(COc3ccccc3)o2)C1. The molecule has 9 heteroatoms. The second-order valence-electron chi connectivity index (χ2n) is 7.67. The summed E-state index contributed by atoms with van der Waals surface area (Å²) < 4.78 is 39.8. The van der Waals surface area contributed by atoms with Gasteiger partial charge in [-0.25, -0.2) is 8.42 Å².